The van der Waals surface area contributed by atoms with Gasteiger partial charge >= 0.3 is 0 Å². The molecule has 1 amide bonds. The maximum Gasteiger partial charge on any atom is 0.239 e. The number of morpholine rings is 1. The van der Waals surface area contributed by atoms with E-state index in [2.05, 4.69) is 18.7 Å². The molecule has 19 heavy (non-hydrogen) atoms. The highest BCUT2D eigenvalue weighted by atomic mass is 16.5. The van der Waals surface area contributed by atoms with Crippen LogP contribution in [-0.2, 0) is 9.53 Å². The minimum Gasteiger partial charge on any atom is -0.373 e. The molecule has 0 radical (unpaired) electrons. The van der Waals surface area contributed by atoms with Crippen molar-refractivity contribution < 1.29 is 9.53 Å². The smallest absolute Gasteiger partial charge is 0.239 e. The van der Waals surface area contributed by atoms with Crippen LogP contribution >= 0.6 is 0 Å². The molecule has 0 aromatic rings. The van der Waals surface area contributed by atoms with Crippen LogP contribution in [0.4, 0.5) is 0 Å². The molecule has 0 saturated carbocycles. The van der Waals surface area contributed by atoms with Crippen molar-refractivity contribution in [1.82, 2.24) is 9.80 Å². The molecule has 5 nitrogen and oxygen atoms in total. The Kier molecular flexibility index (Phi) is 4.81. The number of nitrogens with two attached hydrogens (primary N) is 1. The first-order chi connectivity index (χ1) is 8.97. The van der Waals surface area contributed by atoms with Crippen LogP contribution in [0.5, 0.6) is 0 Å². The van der Waals surface area contributed by atoms with Crippen LogP contribution in [0.15, 0.2) is 0 Å². The number of hydrogen-bond acceptors (Lipinski definition) is 4. The van der Waals surface area contributed by atoms with Crippen molar-refractivity contribution in [3.63, 3.8) is 0 Å². The van der Waals surface area contributed by atoms with Gasteiger partial charge in [0.1, 0.15) is 0 Å². The lowest BCUT2D eigenvalue weighted by Crippen LogP contribution is -2.52. The van der Waals surface area contributed by atoms with Crippen molar-refractivity contribution in [2.75, 3.05) is 26.2 Å². The van der Waals surface area contributed by atoms with Crippen LogP contribution in [0.2, 0.25) is 0 Å². The summed E-state index contributed by atoms with van der Waals surface area (Å²) in [5, 5.41) is 0. The van der Waals surface area contributed by atoms with Crippen molar-refractivity contribution in [1.29, 1.82) is 0 Å². The molecule has 2 N–H and O–H groups in total. The fourth-order valence-corrected chi connectivity index (χ4v) is 3.31. The summed E-state index contributed by atoms with van der Waals surface area (Å²) < 4.78 is 5.75. The number of carbonyl (C=O) groups excluding carboxylic acids is 1. The summed E-state index contributed by atoms with van der Waals surface area (Å²) in [5.74, 6) is 0.0943. The Bertz CT molecular complexity index is 312. The van der Waals surface area contributed by atoms with E-state index < -0.39 is 0 Å². The first-order valence-electron chi connectivity index (χ1n) is 7.41. The predicted molar refractivity (Wildman–Crippen MR) is 74.8 cm³/mol. The summed E-state index contributed by atoms with van der Waals surface area (Å²) in [7, 11) is 0. The first kappa shape index (κ1) is 14.8. The van der Waals surface area contributed by atoms with Gasteiger partial charge in [-0.2, -0.15) is 0 Å². The lowest BCUT2D eigenvalue weighted by Gasteiger charge is -2.38. The Morgan fingerprint density at radius 1 is 1.37 bits per heavy atom. The van der Waals surface area contributed by atoms with Crippen LogP contribution in [0.3, 0.4) is 0 Å². The van der Waals surface area contributed by atoms with E-state index in [9.17, 15) is 4.79 Å². The molecule has 5 heteroatoms. The van der Waals surface area contributed by atoms with E-state index in [1.54, 1.807) is 6.92 Å². The number of carbonyl (C=O) groups is 1. The number of amides is 1. The van der Waals surface area contributed by atoms with Gasteiger partial charge in [0, 0.05) is 32.2 Å². The molecule has 2 aliphatic rings. The molecule has 2 rings (SSSR count). The van der Waals surface area contributed by atoms with Crippen molar-refractivity contribution in [2.24, 2.45) is 5.73 Å². The molecular formula is C14H27N3O2. The third kappa shape index (κ3) is 3.68. The lowest BCUT2D eigenvalue weighted by atomic mass is 10.1. The van der Waals surface area contributed by atoms with Gasteiger partial charge in [-0.25, -0.2) is 0 Å². The molecule has 0 aromatic carbocycles. The highest BCUT2D eigenvalue weighted by Gasteiger charge is 2.33. The molecule has 2 aliphatic heterocycles. The van der Waals surface area contributed by atoms with Crippen LogP contribution < -0.4 is 5.73 Å². The van der Waals surface area contributed by atoms with Crippen molar-refractivity contribution >= 4 is 5.91 Å². The predicted octanol–water partition coefficient (Wildman–Crippen LogP) is 0.434. The average molecular weight is 269 g/mol. The third-order valence-electron chi connectivity index (χ3n) is 4.01. The van der Waals surface area contributed by atoms with Gasteiger partial charge in [0.2, 0.25) is 5.91 Å². The molecule has 2 saturated heterocycles. The van der Waals surface area contributed by atoms with E-state index in [4.69, 9.17) is 10.5 Å². The van der Waals surface area contributed by atoms with Gasteiger partial charge < -0.3 is 15.4 Å². The number of nitrogens with zero attached hydrogens (tertiary/aromatic N) is 2. The quantitative estimate of drug-likeness (QED) is 0.807. The van der Waals surface area contributed by atoms with E-state index >= 15 is 0 Å². The van der Waals surface area contributed by atoms with Crippen LogP contribution in [0.1, 0.15) is 33.6 Å². The minimum atomic E-state index is -0.386. The van der Waals surface area contributed by atoms with Crippen LogP contribution in [0.25, 0.3) is 0 Å². The van der Waals surface area contributed by atoms with E-state index in [0.29, 0.717) is 6.04 Å². The summed E-state index contributed by atoms with van der Waals surface area (Å²) >= 11 is 0. The Labute approximate surface area is 116 Å². The highest BCUT2D eigenvalue weighted by molar-refractivity contribution is 5.81. The number of likely N-dealkylation sites (tertiary alicyclic amines) is 1. The van der Waals surface area contributed by atoms with Gasteiger partial charge in [-0.05, 0) is 33.6 Å². The van der Waals surface area contributed by atoms with E-state index in [-0.39, 0.29) is 24.2 Å². The van der Waals surface area contributed by atoms with Crippen molar-refractivity contribution in [3.8, 4) is 0 Å². The normalized spacial score (nSPS) is 34.5. The maximum atomic E-state index is 12.1. The van der Waals surface area contributed by atoms with Gasteiger partial charge in [-0.15, -0.1) is 0 Å². The third-order valence-corrected chi connectivity index (χ3v) is 4.01. The van der Waals surface area contributed by atoms with E-state index in [0.717, 1.165) is 39.0 Å². The SMILES string of the molecule is C[C@@H]1CN(C[C@H]2CCCN2C(=O)[C@@H](C)N)C[C@@H](C)O1. The molecule has 0 aliphatic carbocycles. The summed E-state index contributed by atoms with van der Waals surface area (Å²) in [6, 6.07) is -0.0564. The molecule has 0 aromatic heterocycles. The highest BCUT2D eigenvalue weighted by Crippen LogP contribution is 2.21. The van der Waals surface area contributed by atoms with Gasteiger partial charge in [-0.3, -0.25) is 9.69 Å². The number of rotatable bonds is 3. The zero-order chi connectivity index (χ0) is 14.0. The minimum absolute atomic E-state index is 0.0943. The Hall–Kier alpha value is -0.650. The fraction of sp³-hybridized carbons (Fsp3) is 0.929. The summed E-state index contributed by atoms with van der Waals surface area (Å²) in [6.07, 6.45) is 2.75. The van der Waals surface area contributed by atoms with Gasteiger partial charge in [0.15, 0.2) is 0 Å². The summed E-state index contributed by atoms with van der Waals surface area (Å²) in [4.78, 5) is 16.5. The zero-order valence-corrected chi connectivity index (χ0v) is 12.3. The molecule has 110 valence electrons. The van der Waals surface area contributed by atoms with E-state index in [1.165, 1.54) is 0 Å². The average Bonchev–Trinajstić information content (AvgIpc) is 2.74. The number of ether oxygens (including phenoxy) is 1. The second kappa shape index (κ2) is 6.20. The Morgan fingerprint density at radius 3 is 2.58 bits per heavy atom. The summed E-state index contributed by atoms with van der Waals surface area (Å²) in [5.41, 5.74) is 5.73. The topological polar surface area (TPSA) is 58.8 Å². The van der Waals surface area contributed by atoms with Gasteiger partial charge in [-0.1, -0.05) is 0 Å². The fourth-order valence-electron chi connectivity index (χ4n) is 3.31. The van der Waals surface area contributed by atoms with Crippen molar-refractivity contribution in [3.05, 3.63) is 0 Å². The molecular weight excluding hydrogens is 242 g/mol. The monoisotopic (exact) mass is 269 g/mol. The Balaban J connectivity index is 1.92. The van der Waals surface area contributed by atoms with Gasteiger partial charge in [0.05, 0.1) is 18.2 Å². The number of hydrogen-bond donors (Lipinski definition) is 1. The molecule has 0 bridgehead atoms. The van der Waals surface area contributed by atoms with Gasteiger partial charge in [0.25, 0.3) is 0 Å². The second-order valence-corrected chi connectivity index (χ2v) is 6.09. The van der Waals surface area contributed by atoms with Crippen LogP contribution in [0, 0.1) is 0 Å². The molecule has 2 heterocycles. The zero-order valence-electron chi connectivity index (χ0n) is 12.3. The lowest BCUT2D eigenvalue weighted by molar-refractivity contribution is -0.134. The first-order valence-corrected chi connectivity index (χ1v) is 7.41. The van der Waals surface area contributed by atoms with E-state index in [1.807, 2.05) is 4.90 Å². The largest absolute Gasteiger partial charge is 0.373 e. The summed E-state index contributed by atoms with van der Waals surface area (Å²) in [6.45, 7) is 9.74. The Morgan fingerprint density at radius 2 is 2.00 bits per heavy atom. The molecule has 0 spiro atoms. The standard InChI is InChI=1S/C14H27N3O2/c1-10-7-16(8-11(2)19-10)9-13-5-4-6-17(13)14(18)12(3)15/h10-13H,4-9,15H2,1-3H3/t10-,11-,12-,13-/m1/s1. The van der Waals surface area contributed by atoms with Crippen molar-refractivity contribution in [2.45, 2.75) is 57.9 Å². The second-order valence-electron chi connectivity index (χ2n) is 6.09. The maximum absolute atomic E-state index is 12.1. The molecule has 4 atom stereocenters. The van der Waals surface area contributed by atoms with Crippen LogP contribution in [-0.4, -0.2) is 66.2 Å². The molecule has 2 fully saturated rings. The molecule has 0 unspecified atom stereocenters.